The summed E-state index contributed by atoms with van der Waals surface area (Å²) in [5, 5.41) is 0. The molecule has 1 aromatic carbocycles. The van der Waals surface area contributed by atoms with Crippen LogP contribution in [-0.2, 0) is 4.74 Å². The Morgan fingerprint density at radius 3 is 2.86 bits per heavy atom. The van der Waals surface area contributed by atoms with Gasteiger partial charge in [-0.3, -0.25) is 0 Å². The second kappa shape index (κ2) is 5.51. The van der Waals surface area contributed by atoms with Gasteiger partial charge in [0, 0.05) is 13.0 Å². The molecule has 6 heteroatoms. The highest BCUT2D eigenvalue weighted by Crippen LogP contribution is 2.23. The van der Waals surface area contributed by atoms with Gasteiger partial charge in [-0.2, -0.15) is 4.98 Å². The molecule has 2 aromatic rings. The highest BCUT2D eigenvalue weighted by Gasteiger charge is 2.31. The molecule has 0 saturated carbocycles. The van der Waals surface area contributed by atoms with E-state index in [9.17, 15) is 4.79 Å². The number of benzene rings is 1. The van der Waals surface area contributed by atoms with Crippen LogP contribution < -0.4 is 4.74 Å². The lowest BCUT2D eigenvalue weighted by atomic mass is 10.2. The molecule has 0 radical (unpaired) electrons. The number of rotatable bonds is 2. The van der Waals surface area contributed by atoms with Gasteiger partial charge >= 0.3 is 12.2 Å². The van der Waals surface area contributed by atoms with Crippen molar-refractivity contribution in [3.63, 3.8) is 0 Å². The number of nitrogens with zero attached hydrogens (tertiary/aromatic N) is 2. The first kappa shape index (κ1) is 14.7. The Hall–Kier alpha value is -2.24. The maximum atomic E-state index is 12.0. The molecule has 0 bridgehead atoms. The van der Waals surface area contributed by atoms with E-state index in [1.807, 2.05) is 45.0 Å². The number of oxazole rings is 1. The van der Waals surface area contributed by atoms with E-state index in [1.165, 1.54) is 0 Å². The molecule has 1 atom stereocenters. The minimum atomic E-state index is -0.490. The SMILES string of the molecule is CC(C)(C)OC(=O)N1CCC(Oc2nc3ccccc3o2)C1. The zero-order valence-corrected chi connectivity index (χ0v) is 13.0. The molecule has 2 heterocycles. The monoisotopic (exact) mass is 304 g/mol. The number of hydrogen-bond acceptors (Lipinski definition) is 5. The van der Waals surface area contributed by atoms with Gasteiger partial charge in [0.2, 0.25) is 0 Å². The molecule has 22 heavy (non-hydrogen) atoms. The number of ether oxygens (including phenoxy) is 2. The number of aromatic nitrogens is 1. The number of fused-ring (bicyclic) bond motifs is 1. The molecule has 6 nitrogen and oxygen atoms in total. The zero-order chi connectivity index (χ0) is 15.7. The number of carbonyl (C=O) groups excluding carboxylic acids is 1. The van der Waals surface area contributed by atoms with Gasteiger partial charge in [-0.25, -0.2) is 4.79 Å². The average Bonchev–Trinajstić information content (AvgIpc) is 3.02. The maximum Gasteiger partial charge on any atom is 0.410 e. The fraction of sp³-hybridized carbons (Fsp3) is 0.500. The van der Waals surface area contributed by atoms with Crippen molar-refractivity contribution in [2.24, 2.45) is 0 Å². The molecule has 0 aliphatic carbocycles. The number of para-hydroxylation sites is 2. The molecular weight excluding hydrogens is 284 g/mol. The Labute approximate surface area is 129 Å². The zero-order valence-electron chi connectivity index (χ0n) is 13.0. The fourth-order valence-corrected chi connectivity index (χ4v) is 2.36. The average molecular weight is 304 g/mol. The molecule has 3 rings (SSSR count). The van der Waals surface area contributed by atoms with Crippen molar-refractivity contribution in [3.8, 4) is 6.08 Å². The first-order chi connectivity index (χ1) is 10.4. The van der Waals surface area contributed by atoms with Crippen molar-refractivity contribution in [1.82, 2.24) is 9.88 Å². The van der Waals surface area contributed by atoms with Crippen LogP contribution in [0.25, 0.3) is 11.1 Å². The van der Waals surface area contributed by atoms with Crippen LogP contribution in [0.1, 0.15) is 27.2 Å². The van der Waals surface area contributed by atoms with Crippen molar-refractivity contribution < 1.29 is 18.7 Å². The molecule has 1 unspecified atom stereocenters. The van der Waals surface area contributed by atoms with Crippen molar-refractivity contribution in [2.45, 2.75) is 38.9 Å². The van der Waals surface area contributed by atoms with Crippen LogP contribution in [0.5, 0.6) is 6.08 Å². The van der Waals surface area contributed by atoms with E-state index in [0.717, 1.165) is 11.9 Å². The third-order valence-corrected chi connectivity index (χ3v) is 3.34. The third-order valence-electron chi connectivity index (χ3n) is 3.34. The van der Waals surface area contributed by atoms with Gasteiger partial charge in [0.1, 0.15) is 17.2 Å². The quantitative estimate of drug-likeness (QED) is 0.852. The number of hydrogen-bond donors (Lipinski definition) is 0. The highest BCUT2D eigenvalue weighted by molar-refractivity contribution is 5.72. The van der Waals surface area contributed by atoms with Crippen LogP contribution in [0.2, 0.25) is 0 Å². The summed E-state index contributed by atoms with van der Waals surface area (Å²) < 4.78 is 16.6. The maximum absolute atomic E-state index is 12.0. The van der Waals surface area contributed by atoms with E-state index in [4.69, 9.17) is 13.9 Å². The summed E-state index contributed by atoms with van der Waals surface area (Å²) in [6.07, 6.45) is 0.548. The fourth-order valence-electron chi connectivity index (χ4n) is 2.36. The van der Waals surface area contributed by atoms with Crippen LogP contribution in [-0.4, -0.2) is 40.8 Å². The van der Waals surface area contributed by atoms with E-state index < -0.39 is 5.60 Å². The molecule has 1 saturated heterocycles. The number of amides is 1. The summed E-state index contributed by atoms with van der Waals surface area (Å²) >= 11 is 0. The van der Waals surface area contributed by atoms with Crippen LogP contribution in [0.15, 0.2) is 28.7 Å². The van der Waals surface area contributed by atoms with Gasteiger partial charge in [-0.05, 0) is 32.9 Å². The molecule has 0 spiro atoms. The molecule has 1 amide bonds. The lowest BCUT2D eigenvalue weighted by Gasteiger charge is -2.24. The summed E-state index contributed by atoms with van der Waals surface area (Å²) in [6, 6.07) is 7.50. The second-order valence-corrected chi connectivity index (χ2v) is 6.40. The van der Waals surface area contributed by atoms with Crippen molar-refractivity contribution in [2.75, 3.05) is 13.1 Å². The Morgan fingerprint density at radius 1 is 1.36 bits per heavy atom. The van der Waals surface area contributed by atoms with Gasteiger partial charge in [0.15, 0.2) is 5.58 Å². The Balaban J connectivity index is 1.60. The molecule has 1 aliphatic rings. The van der Waals surface area contributed by atoms with Crippen molar-refractivity contribution in [3.05, 3.63) is 24.3 Å². The Morgan fingerprint density at radius 2 is 2.14 bits per heavy atom. The minimum Gasteiger partial charge on any atom is -0.445 e. The minimum absolute atomic E-state index is 0.124. The van der Waals surface area contributed by atoms with Gasteiger partial charge in [0.05, 0.1) is 6.54 Å². The summed E-state index contributed by atoms with van der Waals surface area (Å²) in [7, 11) is 0. The van der Waals surface area contributed by atoms with Crippen molar-refractivity contribution in [1.29, 1.82) is 0 Å². The topological polar surface area (TPSA) is 64.8 Å². The van der Waals surface area contributed by atoms with Crippen molar-refractivity contribution >= 4 is 17.2 Å². The molecular formula is C16H20N2O4. The van der Waals surface area contributed by atoms with Gasteiger partial charge in [-0.1, -0.05) is 12.1 Å². The largest absolute Gasteiger partial charge is 0.445 e. The standard InChI is InChI=1S/C16H20N2O4/c1-16(2,3)22-15(19)18-9-8-11(10-18)20-14-17-12-6-4-5-7-13(12)21-14/h4-7,11H,8-10H2,1-3H3. The molecule has 0 N–H and O–H groups in total. The second-order valence-electron chi connectivity index (χ2n) is 6.40. The van der Waals surface area contributed by atoms with Crippen LogP contribution in [0.4, 0.5) is 4.79 Å². The van der Waals surface area contributed by atoms with E-state index in [0.29, 0.717) is 18.7 Å². The predicted octanol–water partition coefficient (Wildman–Crippen LogP) is 3.22. The van der Waals surface area contributed by atoms with Gasteiger partial charge in [0.25, 0.3) is 0 Å². The molecule has 1 fully saturated rings. The number of likely N-dealkylation sites (tertiary alicyclic amines) is 1. The summed E-state index contributed by atoms with van der Waals surface area (Å²) in [6.45, 7) is 6.65. The highest BCUT2D eigenvalue weighted by atomic mass is 16.6. The Kier molecular flexibility index (Phi) is 3.68. The molecule has 1 aromatic heterocycles. The lowest BCUT2D eigenvalue weighted by molar-refractivity contribution is 0.0269. The van der Waals surface area contributed by atoms with Crippen LogP contribution >= 0.6 is 0 Å². The predicted molar refractivity (Wildman–Crippen MR) is 80.8 cm³/mol. The van der Waals surface area contributed by atoms with E-state index in [2.05, 4.69) is 4.98 Å². The summed E-state index contributed by atoms with van der Waals surface area (Å²) in [5.74, 6) is 0. The van der Waals surface area contributed by atoms with E-state index >= 15 is 0 Å². The molecule has 118 valence electrons. The van der Waals surface area contributed by atoms with Crippen LogP contribution in [0.3, 0.4) is 0 Å². The number of carbonyl (C=O) groups is 1. The lowest BCUT2D eigenvalue weighted by Crippen LogP contribution is -2.36. The van der Waals surface area contributed by atoms with Crippen LogP contribution in [0, 0.1) is 0 Å². The van der Waals surface area contributed by atoms with E-state index in [-0.39, 0.29) is 18.3 Å². The van der Waals surface area contributed by atoms with Gasteiger partial charge in [-0.15, -0.1) is 0 Å². The summed E-state index contributed by atoms with van der Waals surface area (Å²) in [4.78, 5) is 17.9. The first-order valence-electron chi connectivity index (χ1n) is 7.41. The normalized spacial score (nSPS) is 18.7. The first-order valence-corrected chi connectivity index (χ1v) is 7.41. The van der Waals surface area contributed by atoms with Gasteiger partial charge < -0.3 is 18.8 Å². The smallest absolute Gasteiger partial charge is 0.410 e. The third kappa shape index (κ3) is 3.32. The van der Waals surface area contributed by atoms with E-state index in [1.54, 1.807) is 4.90 Å². The Bertz CT molecular complexity index is 641. The molecule has 1 aliphatic heterocycles. The summed E-state index contributed by atoms with van der Waals surface area (Å²) in [5.41, 5.74) is 0.968.